The van der Waals surface area contributed by atoms with Crippen molar-refractivity contribution < 1.29 is 14.7 Å². The molecule has 0 aliphatic carbocycles. The third-order valence-corrected chi connectivity index (χ3v) is 4.71. The van der Waals surface area contributed by atoms with E-state index in [0.717, 1.165) is 5.56 Å². The summed E-state index contributed by atoms with van der Waals surface area (Å²) >= 11 is 0. The van der Waals surface area contributed by atoms with Crippen molar-refractivity contribution in [2.24, 2.45) is 0 Å². The Morgan fingerprint density at radius 2 is 1.59 bits per heavy atom. The van der Waals surface area contributed by atoms with Gasteiger partial charge in [0.15, 0.2) is 11.5 Å². The summed E-state index contributed by atoms with van der Waals surface area (Å²) in [6.45, 7) is 0. The van der Waals surface area contributed by atoms with Gasteiger partial charge in [-0.05, 0) is 29.3 Å². The molecule has 1 N–H and O–H groups in total. The van der Waals surface area contributed by atoms with Crippen molar-refractivity contribution >= 4 is 23.6 Å². The molecule has 142 valence electrons. The number of anilines is 1. The normalized spacial score (nSPS) is 16.6. The number of hydrogen-bond acceptors (Lipinski definition) is 4. The minimum atomic E-state index is -0.758. The van der Waals surface area contributed by atoms with Crippen molar-refractivity contribution in [2.45, 2.75) is 6.04 Å². The lowest BCUT2D eigenvalue weighted by Crippen LogP contribution is -2.31. The highest BCUT2D eigenvalue weighted by Crippen LogP contribution is 2.40. The minimum Gasteiger partial charge on any atom is -0.503 e. The summed E-state index contributed by atoms with van der Waals surface area (Å²) < 4.78 is 0. The number of pyridine rings is 1. The summed E-state index contributed by atoms with van der Waals surface area (Å²) in [6.07, 6.45) is 4.61. The molecule has 5 heteroatoms. The Morgan fingerprint density at radius 3 is 2.24 bits per heavy atom. The zero-order chi connectivity index (χ0) is 20.2. The standard InChI is InChI=1S/C24H18N2O3/c27-19(15-14-17-9-3-1-4-10-17)21-22(18-11-5-2-6-12-18)26(24(29)23(21)28)20-13-7-8-16-25-20/h1-16,22,28H/b15-14-/t22-/m1/s1. The Kier molecular flexibility index (Phi) is 5.03. The molecule has 4 rings (SSSR count). The molecule has 0 bridgehead atoms. The van der Waals surface area contributed by atoms with Crippen molar-refractivity contribution in [2.75, 3.05) is 4.90 Å². The number of aliphatic hydroxyl groups excluding tert-OH is 1. The lowest BCUT2D eigenvalue weighted by molar-refractivity contribution is -0.117. The Labute approximate surface area is 168 Å². The fourth-order valence-corrected chi connectivity index (χ4v) is 3.37. The third kappa shape index (κ3) is 3.58. The molecule has 1 aliphatic rings. The lowest BCUT2D eigenvalue weighted by atomic mass is 9.95. The van der Waals surface area contributed by atoms with Gasteiger partial charge in [-0.3, -0.25) is 14.5 Å². The highest BCUT2D eigenvalue weighted by Gasteiger charge is 2.44. The van der Waals surface area contributed by atoms with Crippen LogP contribution in [0.25, 0.3) is 6.08 Å². The molecule has 5 nitrogen and oxygen atoms in total. The van der Waals surface area contributed by atoms with E-state index in [1.54, 1.807) is 30.5 Å². The third-order valence-electron chi connectivity index (χ3n) is 4.71. The van der Waals surface area contributed by atoms with E-state index in [1.807, 2.05) is 60.7 Å². The first-order chi connectivity index (χ1) is 14.2. The molecular weight excluding hydrogens is 364 g/mol. The molecule has 0 radical (unpaired) electrons. The first-order valence-electron chi connectivity index (χ1n) is 9.17. The first kappa shape index (κ1) is 18.4. The SMILES string of the molecule is O=C(/C=C\c1ccccc1)C1=C(O)C(=O)N(c2ccccn2)[C@@H]1c1ccccc1. The molecule has 1 amide bonds. The molecule has 0 fully saturated rings. The van der Waals surface area contributed by atoms with E-state index in [2.05, 4.69) is 4.98 Å². The number of aromatic nitrogens is 1. The van der Waals surface area contributed by atoms with Crippen molar-refractivity contribution in [1.82, 2.24) is 4.98 Å². The van der Waals surface area contributed by atoms with Gasteiger partial charge in [-0.25, -0.2) is 4.98 Å². The zero-order valence-electron chi connectivity index (χ0n) is 15.5. The van der Waals surface area contributed by atoms with E-state index in [0.29, 0.717) is 11.4 Å². The number of benzene rings is 2. The van der Waals surface area contributed by atoms with Crippen LogP contribution in [0.15, 0.2) is 102 Å². The zero-order valence-corrected chi connectivity index (χ0v) is 15.5. The van der Waals surface area contributed by atoms with Gasteiger partial charge in [0.05, 0.1) is 11.6 Å². The van der Waals surface area contributed by atoms with Crippen LogP contribution in [0.3, 0.4) is 0 Å². The number of aliphatic hydroxyl groups is 1. The average molecular weight is 382 g/mol. The van der Waals surface area contributed by atoms with Crippen LogP contribution in [-0.2, 0) is 9.59 Å². The number of ketones is 1. The van der Waals surface area contributed by atoms with E-state index in [-0.39, 0.29) is 5.57 Å². The predicted octanol–water partition coefficient (Wildman–Crippen LogP) is 4.26. The summed E-state index contributed by atoms with van der Waals surface area (Å²) in [4.78, 5) is 31.5. The van der Waals surface area contributed by atoms with Crippen LogP contribution in [0.1, 0.15) is 17.2 Å². The molecule has 0 spiro atoms. The van der Waals surface area contributed by atoms with E-state index < -0.39 is 23.5 Å². The van der Waals surface area contributed by atoms with Gasteiger partial charge in [0, 0.05) is 6.20 Å². The first-order valence-corrected chi connectivity index (χ1v) is 9.17. The van der Waals surface area contributed by atoms with Gasteiger partial charge in [-0.15, -0.1) is 0 Å². The monoisotopic (exact) mass is 382 g/mol. The van der Waals surface area contributed by atoms with Gasteiger partial charge in [-0.1, -0.05) is 72.8 Å². The molecule has 1 aliphatic heterocycles. The van der Waals surface area contributed by atoms with Gasteiger partial charge in [0.1, 0.15) is 5.82 Å². The van der Waals surface area contributed by atoms with Crippen LogP contribution < -0.4 is 4.90 Å². The van der Waals surface area contributed by atoms with Gasteiger partial charge in [0.25, 0.3) is 5.91 Å². The smallest absolute Gasteiger partial charge is 0.295 e. The maximum absolute atomic E-state index is 13.0. The van der Waals surface area contributed by atoms with E-state index >= 15 is 0 Å². The number of hydrogen-bond donors (Lipinski definition) is 1. The molecule has 1 aromatic heterocycles. The molecular formula is C24H18N2O3. The highest BCUT2D eigenvalue weighted by molar-refractivity contribution is 6.19. The number of carbonyl (C=O) groups is 2. The van der Waals surface area contributed by atoms with Gasteiger partial charge in [0.2, 0.25) is 0 Å². The fraction of sp³-hybridized carbons (Fsp3) is 0.0417. The second kappa shape index (κ2) is 7.94. The van der Waals surface area contributed by atoms with Crippen LogP contribution in [0, 0.1) is 0 Å². The van der Waals surface area contributed by atoms with Crippen molar-refractivity contribution in [3.05, 3.63) is 114 Å². The van der Waals surface area contributed by atoms with Crippen LogP contribution in [0.5, 0.6) is 0 Å². The van der Waals surface area contributed by atoms with Crippen LogP contribution in [0.4, 0.5) is 5.82 Å². The second-order valence-corrected chi connectivity index (χ2v) is 6.55. The summed E-state index contributed by atoms with van der Waals surface area (Å²) in [5.74, 6) is -1.25. The second-order valence-electron chi connectivity index (χ2n) is 6.55. The van der Waals surface area contributed by atoms with Gasteiger partial charge < -0.3 is 5.11 Å². The molecule has 2 heterocycles. The summed E-state index contributed by atoms with van der Waals surface area (Å²) in [5, 5.41) is 10.6. The number of carbonyl (C=O) groups excluding carboxylic acids is 2. The predicted molar refractivity (Wildman–Crippen MR) is 111 cm³/mol. The van der Waals surface area contributed by atoms with E-state index in [4.69, 9.17) is 0 Å². The molecule has 2 aromatic carbocycles. The number of nitrogens with zero attached hydrogens (tertiary/aromatic N) is 2. The number of amides is 1. The number of rotatable bonds is 5. The summed E-state index contributed by atoms with van der Waals surface area (Å²) in [5.41, 5.74) is 1.61. The summed E-state index contributed by atoms with van der Waals surface area (Å²) in [7, 11) is 0. The molecule has 3 aromatic rings. The quantitative estimate of drug-likeness (QED) is 0.669. The Balaban J connectivity index is 1.77. The van der Waals surface area contributed by atoms with Crippen molar-refractivity contribution in [3.63, 3.8) is 0 Å². The molecule has 0 saturated carbocycles. The maximum atomic E-state index is 13.0. The van der Waals surface area contributed by atoms with Crippen molar-refractivity contribution in [1.29, 1.82) is 0 Å². The van der Waals surface area contributed by atoms with Crippen LogP contribution in [0.2, 0.25) is 0 Å². The number of allylic oxidation sites excluding steroid dienone is 1. The minimum absolute atomic E-state index is 0.0408. The van der Waals surface area contributed by atoms with Gasteiger partial charge in [-0.2, -0.15) is 0 Å². The Bertz CT molecular complexity index is 1090. The Morgan fingerprint density at radius 1 is 0.931 bits per heavy atom. The van der Waals surface area contributed by atoms with Gasteiger partial charge >= 0.3 is 0 Å². The topological polar surface area (TPSA) is 70.5 Å². The fourth-order valence-electron chi connectivity index (χ4n) is 3.37. The Hall–Kier alpha value is -3.99. The lowest BCUT2D eigenvalue weighted by Gasteiger charge is -2.25. The molecule has 0 saturated heterocycles. The maximum Gasteiger partial charge on any atom is 0.295 e. The summed E-state index contributed by atoms with van der Waals surface area (Å²) in [6, 6.07) is 22.9. The van der Waals surface area contributed by atoms with Crippen LogP contribution >= 0.6 is 0 Å². The van der Waals surface area contributed by atoms with Crippen LogP contribution in [-0.4, -0.2) is 21.8 Å². The molecule has 29 heavy (non-hydrogen) atoms. The highest BCUT2D eigenvalue weighted by atomic mass is 16.3. The van der Waals surface area contributed by atoms with E-state index in [1.165, 1.54) is 11.0 Å². The molecule has 0 unspecified atom stereocenters. The van der Waals surface area contributed by atoms with Crippen molar-refractivity contribution in [3.8, 4) is 0 Å². The largest absolute Gasteiger partial charge is 0.503 e. The van der Waals surface area contributed by atoms with E-state index in [9.17, 15) is 14.7 Å². The molecule has 1 atom stereocenters. The average Bonchev–Trinajstić information content (AvgIpc) is 3.05.